The van der Waals surface area contributed by atoms with Gasteiger partial charge < -0.3 is 0 Å². The molecule has 0 rings (SSSR count). The van der Waals surface area contributed by atoms with E-state index in [-0.39, 0.29) is 0 Å². The first-order valence-electron chi connectivity index (χ1n) is 2.08. The van der Waals surface area contributed by atoms with Crippen LogP contribution in [-0.2, 0) is 0 Å². The second kappa shape index (κ2) is 5.70. The summed E-state index contributed by atoms with van der Waals surface area (Å²) in [5.74, 6) is 0. The molecule has 0 aliphatic heterocycles. The Bertz CT molecular complexity index is 175. The summed E-state index contributed by atoms with van der Waals surface area (Å²) >= 11 is 2.53. The van der Waals surface area contributed by atoms with Crippen molar-refractivity contribution in [3.63, 3.8) is 0 Å². The van der Waals surface area contributed by atoms with E-state index in [1.165, 1.54) is 27.9 Å². The molecule has 0 saturated heterocycles. The molecule has 0 N–H and O–H groups in total. The van der Waals surface area contributed by atoms with Gasteiger partial charge in [0.15, 0.2) is 0 Å². The Hall–Kier alpha value is -0.430. The minimum Gasteiger partial charge on any atom is -0.0714 e. The first kappa shape index (κ1) is 8.57. The van der Waals surface area contributed by atoms with Crippen molar-refractivity contribution in [2.45, 2.75) is 0 Å². The second-order valence-corrected chi connectivity index (χ2v) is 2.23. The molecule has 0 radical (unpaired) electrons. The smallest absolute Gasteiger partial charge is 0.0714 e. The highest BCUT2D eigenvalue weighted by Gasteiger charge is 1.89. The number of nitrogens with zero attached hydrogens (tertiary/aromatic N) is 3. The minimum atomic E-state index is 1.25. The van der Waals surface area contributed by atoms with Gasteiger partial charge in [0.1, 0.15) is 0 Å². The average molecular weight is 160 g/mol. The van der Waals surface area contributed by atoms with Gasteiger partial charge in [-0.25, -0.2) is 0 Å². The maximum absolute atomic E-state index is 8.28. The third-order valence-electron chi connectivity index (χ3n) is 0.496. The van der Waals surface area contributed by atoms with Gasteiger partial charge in [0.2, 0.25) is 0 Å². The Balaban J connectivity index is 4.11. The molecule has 0 unspecified atom stereocenters. The molecule has 0 aromatic rings. The second-order valence-electron chi connectivity index (χ2n) is 0.951. The van der Waals surface area contributed by atoms with E-state index < -0.39 is 0 Å². The fourth-order valence-electron chi connectivity index (χ4n) is 0.182. The number of nitriles is 1. The zero-order valence-electron chi connectivity index (χ0n) is 5.16. The molecule has 0 saturated carbocycles. The molecule has 3 nitrogen and oxygen atoms in total. The zero-order valence-corrected chi connectivity index (χ0v) is 6.79. The minimum absolute atomic E-state index is 1.25. The maximum Gasteiger partial charge on any atom is 0.391 e. The highest BCUT2D eigenvalue weighted by molar-refractivity contribution is 7.97. The van der Waals surface area contributed by atoms with Crippen LogP contribution in [0.1, 0.15) is 0 Å². The van der Waals surface area contributed by atoms with Crippen LogP contribution >= 0.6 is 23.9 Å². The predicted octanol–water partition coefficient (Wildman–Crippen LogP) is 1.21. The van der Waals surface area contributed by atoms with Crippen molar-refractivity contribution in [3.05, 3.63) is 0 Å². The third kappa shape index (κ3) is 4.10. The molecule has 0 aromatic carbocycles. The highest BCUT2D eigenvalue weighted by atomic mass is 32.2. The lowest BCUT2D eigenvalue weighted by Crippen LogP contribution is -1.86. The molecule has 0 aliphatic rings. The van der Waals surface area contributed by atoms with Crippen LogP contribution < -0.4 is 0 Å². The van der Waals surface area contributed by atoms with Crippen LogP contribution in [0.5, 0.6) is 0 Å². The number of rotatable bonds is 2. The van der Waals surface area contributed by atoms with Crippen LogP contribution in [0.4, 0.5) is 0 Å². The van der Waals surface area contributed by atoms with E-state index in [4.69, 9.17) is 5.26 Å². The highest BCUT2D eigenvalue weighted by Crippen LogP contribution is 1.92. The zero-order chi connectivity index (χ0) is 7.11. The Kier molecular flexibility index (Phi) is 5.43. The maximum atomic E-state index is 8.28. The Morgan fingerprint density at radius 2 is 2.22 bits per heavy atom. The predicted molar refractivity (Wildman–Crippen MR) is 40.3 cm³/mol. The van der Waals surface area contributed by atoms with Crippen LogP contribution in [0.25, 0.3) is 0 Å². The fourth-order valence-corrected chi connectivity index (χ4v) is 0.601. The molecular formula is C4H6N3S2+. The summed E-state index contributed by atoms with van der Waals surface area (Å²) in [6.45, 7) is 0. The molecule has 0 aliphatic carbocycles. The lowest BCUT2D eigenvalue weighted by Gasteiger charge is -1.74. The van der Waals surface area contributed by atoms with E-state index in [1.807, 2.05) is 12.4 Å². The van der Waals surface area contributed by atoms with Crippen molar-refractivity contribution in [1.29, 1.82) is 5.26 Å². The largest absolute Gasteiger partial charge is 0.391 e. The van der Waals surface area contributed by atoms with E-state index >= 15 is 0 Å². The summed E-state index contributed by atoms with van der Waals surface area (Å²) in [5.41, 5.74) is 0. The molecule has 0 fully saturated rings. The SMILES string of the molecule is CSN=C=[N+](C#N)SC. The Morgan fingerprint density at radius 3 is 2.56 bits per heavy atom. The molecule has 48 valence electrons. The van der Waals surface area contributed by atoms with E-state index in [9.17, 15) is 0 Å². The normalized spacial score (nSPS) is 7.22. The lowest BCUT2D eigenvalue weighted by molar-refractivity contribution is -0.226. The molecule has 0 aromatic heterocycles. The monoisotopic (exact) mass is 160 g/mol. The van der Waals surface area contributed by atoms with Crippen molar-refractivity contribution in [3.8, 4) is 6.19 Å². The van der Waals surface area contributed by atoms with E-state index in [0.717, 1.165) is 0 Å². The van der Waals surface area contributed by atoms with Gasteiger partial charge in [0.25, 0.3) is 6.01 Å². The molecule has 0 spiro atoms. The molecule has 0 amide bonds. The summed E-state index contributed by atoms with van der Waals surface area (Å²) in [5, 5.41) is 8.28. The topological polar surface area (TPSA) is 39.2 Å². The van der Waals surface area contributed by atoms with E-state index in [0.29, 0.717) is 0 Å². The quantitative estimate of drug-likeness (QED) is 0.200. The van der Waals surface area contributed by atoms with Crippen molar-refractivity contribution in [2.24, 2.45) is 4.40 Å². The summed E-state index contributed by atoms with van der Waals surface area (Å²) in [4.78, 5) is 0. The van der Waals surface area contributed by atoms with Crippen LogP contribution in [0.2, 0.25) is 0 Å². The summed E-state index contributed by atoms with van der Waals surface area (Å²) in [7, 11) is 0. The van der Waals surface area contributed by atoms with Crippen LogP contribution in [-0.4, -0.2) is 22.5 Å². The first-order chi connectivity index (χ1) is 4.35. The molecule has 0 heterocycles. The van der Waals surface area contributed by atoms with Gasteiger partial charge in [0.05, 0.1) is 11.9 Å². The first-order valence-corrected chi connectivity index (χ1v) is 4.44. The van der Waals surface area contributed by atoms with Gasteiger partial charge >= 0.3 is 6.19 Å². The van der Waals surface area contributed by atoms with Crippen molar-refractivity contribution < 1.29 is 3.98 Å². The van der Waals surface area contributed by atoms with Crippen LogP contribution in [0.15, 0.2) is 4.40 Å². The summed E-state index contributed by atoms with van der Waals surface area (Å²) in [6, 6.07) is 2.49. The fraction of sp³-hybridized carbons (Fsp3) is 0.500. The molecule has 5 heteroatoms. The van der Waals surface area contributed by atoms with E-state index in [2.05, 4.69) is 10.4 Å². The molecular weight excluding hydrogens is 154 g/mol. The number of hydrogen-bond donors (Lipinski definition) is 0. The molecule has 0 atom stereocenters. The van der Waals surface area contributed by atoms with Gasteiger partial charge in [-0.3, -0.25) is 0 Å². The standard InChI is InChI=1S/C4H6N3S2/c1-8-6-4-7(3-5)9-2/h1-2H3/q+1. The van der Waals surface area contributed by atoms with Gasteiger partial charge in [-0.15, -0.1) is 0 Å². The Morgan fingerprint density at radius 1 is 1.56 bits per heavy atom. The number of hydrogen-bond acceptors (Lipinski definition) is 4. The van der Waals surface area contributed by atoms with Gasteiger partial charge in [0, 0.05) is 29.7 Å². The average Bonchev–Trinajstić information content (AvgIpc) is 1.91. The van der Waals surface area contributed by atoms with Crippen molar-refractivity contribution in [1.82, 2.24) is 0 Å². The van der Waals surface area contributed by atoms with Crippen LogP contribution in [0.3, 0.4) is 0 Å². The van der Waals surface area contributed by atoms with Gasteiger partial charge in [-0.1, -0.05) is 3.98 Å². The lowest BCUT2D eigenvalue weighted by atomic mass is 11.3. The van der Waals surface area contributed by atoms with E-state index in [1.54, 1.807) is 6.26 Å². The third-order valence-corrected chi connectivity index (χ3v) is 1.29. The van der Waals surface area contributed by atoms with Crippen molar-refractivity contribution >= 4 is 29.9 Å². The summed E-state index contributed by atoms with van der Waals surface area (Å²) in [6.07, 6.45) is 5.46. The van der Waals surface area contributed by atoms with Crippen LogP contribution in [0, 0.1) is 11.5 Å². The summed E-state index contributed by atoms with van der Waals surface area (Å²) < 4.78 is 4.91. The van der Waals surface area contributed by atoms with Gasteiger partial charge in [-0.05, 0) is 4.40 Å². The van der Waals surface area contributed by atoms with Gasteiger partial charge in [-0.2, -0.15) is 0 Å². The Labute approximate surface area is 62.7 Å². The van der Waals surface area contributed by atoms with Crippen molar-refractivity contribution in [2.75, 3.05) is 12.5 Å². The molecule has 9 heavy (non-hydrogen) atoms. The molecule has 0 bridgehead atoms.